The molecule has 1 N–H and O–H groups in total. The van der Waals surface area contributed by atoms with Crippen molar-refractivity contribution in [2.45, 2.75) is 104 Å². The molecular weight excluding hydrogens is 318 g/mol. The Labute approximate surface area is 153 Å². The molecule has 25 heavy (non-hydrogen) atoms. The van der Waals surface area contributed by atoms with Gasteiger partial charge in [0.2, 0.25) is 0 Å². The van der Waals surface area contributed by atoms with Crippen LogP contribution in [0.5, 0.6) is 0 Å². The van der Waals surface area contributed by atoms with Gasteiger partial charge in [-0.05, 0) is 60.8 Å². The zero-order valence-corrected chi connectivity index (χ0v) is 17.3. The van der Waals surface area contributed by atoms with Crippen LogP contribution in [0.3, 0.4) is 0 Å². The van der Waals surface area contributed by atoms with Crippen LogP contribution < -0.4 is 5.32 Å². The summed E-state index contributed by atoms with van der Waals surface area (Å²) >= 11 is 0. The number of hydrogen-bond acceptors (Lipinski definition) is 5. The Hall–Kier alpha value is -1.36. The van der Waals surface area contributed by atoms with E-state index >= 15 is 0 Å². The molecule has 0 fully saturated rings. The Morgan fingerprint density at radius 1 is 1.00 bits per heavy atom. The fraction of sp³-hybridized carbons (Fsp3) is 0.800. The summed E-state index contributed by atoms with van der Waals surface area (Å²) < 4.78 is 10.8. The molecule has 0 unspecified atom stereocenters. The molecular formula is C20H37NO4. The Balaban J connectivity index is 4.97. The fourth-order valence-electron chi connectivity index (χ4n) is 2.17. The first-order valence-electron chi connectivity index (χ1n) is 9.25. The lowest BCUT2D eigenvalue weighted by Gasteiger charge is -2.27. The van der Waals surface area contributed by atoms with Crippen LogP contribution in [0.15, 0.2) is 12.2 Å². The summed E-state index contributed by atoms with van der Waals surface area (Å²) in [6, 6.07) is -0.477. The molecule has 0 aliphatic carbocycles. The number of hydrogen-bond donors (Lipinski definition) is 1. The Bertz CT molecular complexity index is 444. The van der Waals surface area contributed by atoms with Crippen molar-refractivity contribution >= 4 is 11.9 Å². The molecule has 0 aromatic heterocycles. The van der Waals surface area contributed by atoms with Crippen molar-refractivity contribution in [2.24, 2.45) is 0 Å². The van der Waals surface area contributed by atoms with Crippen LogP contribution in [0.25, 0.3) is 0 Å². The maximum atomic E-state index is 12.5. The van der Waals surface area contributed by atoms with Crippen molar-refractivity contribution in [3.63, 3.8) is 0 Å². The van der Waals surface area contributed by atoms with Crippen LogP contribution in [-0.2, 0) is 19.1 Å². The third kappa shape index (κ3) is 12.6. The lowest BCUT2D eigenvalue weighted by atomic mass is 10.1. The molecule has 0 aliphatic heterocycles. The van der Waals surface area contributed by atoms with Crippen LogP contribution >= 0.6 is 0 Å². The maximum Gasteiger partial charge on any atom is 0.323 e. The van der Waals surface area contributed by atoms with Crippen LogP contribution in [0.4, 0.5) is 0 Å². The minimum Gasteiger partial charge on any atom is -0.460 e. The van der Waals surface area contributed by atoms with Gasteiger partial charge in [0.25, 0.3) is 0 Å². The van der Waals surface area contributed by atoms with Crippen LogP contribution in [-0.4, -0.2) is 35.2 Å². The molecule has 0 heterocycles. The van der Waals surface area contributed by atoms with Crippen molar-refractivity contribution in [3.8, 4) is 0 Å². The van der Waals surface area contributed by atoms with E-state index in [-0.39, 0.29) is 24.4 Å². The standard InChI is InChI=1S/C20H37NO4/c1-9-11-12-15(10-2)21-16(18(23)25-20(6,7)8)13-14-17(22)24-19(3,4)5/h11-12,15-16,21H,9-10,13-14H2,1-8H3/b12-11+/t15-,16-/m0/s1. The highest BCUT2D eigenvalue weighted by atomic mass is 16.6. The van der Waals surface area contributed by atoms with Gasteiger partial charge in [0.05, 0.1) is 0 Å². The van der Waals surface area contributed by atoms with Crippen LogP contribution in [0.2, 0.25) is 0 Å². The number of rotatable bonds is 9. The molecule has 0 rings (SSSR count). The number of esters is 2. The van der Waals surface area contributed by atoms with E-state index in [4.69, 9.17) is 9.47 Å². The van der Waals surface area contributed by atoms with Gasteiger partial charge in [0, 0.05) is 12.5 Å². The first-order valence-corrected chi connectivity index (χ1v) is 9.25. The quantitative estimate of drug-likeness (QED) is 0.497. The van der Waals surface area contributed by atoms with E-state index in [2.05, 4.69) is 31.3 Å². The van der Waals surface area contributed by atoms with E-state index < -0.39 is 17.2 Å². The topological polar surface area (TPSA) is 64.6 Å². The average Bonchev–Trinajstić information content (AvgIpc) is 2.42. The van der Waals surface area contributed by atoms with Gasteiger partial charge in [-0.3, -0.25) is 14.9 Å². The van der Waals surface area contributed by atoms with Gasteiger partial charge < -0.3 is 9.47 Å². The van der Waals surface area contributed by atoms with Gasteiger partial charge in [0.1, 0.15) is 17.2 Å². The predicted octanol–water partition coefficient (Wildman–Crippen LogP) is 4.15. The molecule has 0 aromatic rings. The smallest absolute Gasteiger partial charge is 0.323 e. The molecule has 2 atom stereocenters. The second-order valence-electron chi connectivity index (χ2n) is 8.23. The van der Waals surface area contributed by atoms with Crippen molar-refractivity contribution < 1.29 is 19.1 Å². The molecule has 0 radical (unpaired) electrons. The molecule has 0 amide bonds. The molecule has 0 bridgehead atoms. The van der Waals surface area contributed by atoms with Gasteiger partial charge in [-0.1, -0.05) is 26.0 Å². The predicted molar refractivity (Wildman–Crippen MR) is 101 cm³/mol. The van der Waals surface area contributed by atoms with E-state index in [1.54, 1.807) is 0 Å². The highest BCUT2D eigenvalue weighted by Gasteiger charge is 2.28. The summed E-state index contributed by atoms with van der Waals surface area (Å²) in [5, 5.41) is 3.31. The molecule has 5 nitrogen and oxygen atoms in total. The van der Waals surface area contributed by atoms with E-state index in [1.807, 2.05) is 41.5 Å². The lowest BCUT2D eigenvalue weighted by molar-refractivity contribution is -0.159. The van der Waals surface area contributed by atoms with E-state index in [1.165, 1.54) is 0 Å². The summed E-state index contributed by atoms with van der Waals surface area (Å²) in [6.45, 7) is 15.1. The van der Waals surface area contributed by atoms with E-state index in [0.717, 1.165) is 12.8 Å². The lowest BCUT2D eigenvalue weighted by Crippen LogP contribution is -2.45. The summed E-state index contributed by atoms with van der Waals surface area (Å²) in [7, 11) is 0. The first-order chi connectivity index (χ1) is 11.4. The zero-order chi connectivity index (χ0) is 19.7. The zero-order valence-electron chi connectivity index (χ0n) is 17.3. The SMILES string of the molecule is CC/C=C/[C@H](CC)N[C@@H](CCC(=O)OC(C)(C)C)C(=O)OC(C)(C)C. The van der Waals surface area contributed by atoms with Crippen LogP contribution in [0, 0.1) is 0 Å². The van der Waals surface area contributed by atoms with Crippen LogP contribution in [0.1, 0.15) is 81.1 Å². The normalized spacial score (nSPS) is 15.0. The first kappa shape index (κ1) is 23.6. The Morgan fingerprint density at radius 2 is 1.56 bits per heavy atom. The summed E-state index contributed by atoms with van der Waals surface area (Å²) in [4.78, 5) is 24.5. The maximum absolute atomic E-state index is 12.5. The van der Waals surface area contributed by atoms with Gasteiger partial charge in [-0.15, -0.1) is 0 Å². The average molecular weight is 356 g/mol. The third-order valence-corrected chi connectivity index (χ3v) is 3.21. The number of allylic oxidation sites excluding steroid dienone is 1. The van der Waals surface area contributed by atoms with Gasteiger partial charge in [-0.2, -0.15) is 0 Å². The fourth-order valence-corrected chi connectivity index (χ4v) is 2.17. The molecule has 5 heteroatoms. The van der Waals surface area contributed by atoms with Crippen molar-refractivity contribution in [3.05, 3.63) is 12.2 Å². The molecule has 0 saturated carbocycles. The molecule has 0 saturated heterocycles. The third-order valence-electron chi connectivity index (χ3n) is 3.21. The van der Waals surface area contributed by atoms with Crippen molar-refractivity contribution in [1.29, 1.82) is 0 Å². The molecule has 0 aromatic carbocycles. The number of nitrogens with one attached hydrogen (secondary N) is 1. The van der Waals surface area contributed by atoms with Crippen molar-refractivity contribution in [2.75, 3.05) is 0 Å². The second kappa shape index (κ2) is 10.6. The number of carbonyl (C=O) groups is 2. The van der Waals surface area contributed by atoms with Gasteiger partial charge in [0.15, 0.2) is 0 Å². The number of ether oxygens (including phenoxy) is 2. The largest absolute Gasteiger partial charge is 0.460 e. The molecule has 146 valence electrons. The molecule has 0 aliphatic rings. The Kier molecular flexibility index (Phi) is 10.0. The molecule has 0 spiro atoms. The monoisotopic (exact) mass is 355 g/mol. The van der Waals surface area contributed by atoms with Gasteiger partial charge >= 0.3 is 11.9 Å². The summed E-state index contributed by atoms with van der Waals surface area (Å²) in [6.07, 6.45) is 6.43. The van der Waals surface area contributed by atoms with Gasteiger partial charge in [-0.25, -0.2) is 0 Å². The summed E-state index contributed by atoms with van der Waals surface area (Å²) in [5.74, 6) is -0.639. The minimum atomic E-state index is -0.566. The number of carbonyl (C=O) groups excluding carboxylic acids is 2. The highest BCUT2D eigenvalue weighted by Crippen LogP contribution is 2.14. The van der Waals surface area contributed by atoms with E-state index in [0.29, 0.717) is 6.42 Å². The second-order valence-corrected chi connectivity index (χ2v) is 8.23. The van der Waals surface area contributed by atoms with Crippen molar-refractivity contribution in [1.82, 2.24) is 5.32 Å². The minimum absolute atomic E-state index is 0.0658. The Morgan fingerprint density at radius 3 is 2.00 bits per heavy atom. The summed E-state index contributed by atoms with van der Waals surface area (Å²) in [5.41, 5.74) is -1.09. The highest BCUT2D eigenvalue weighted by molar-refractivity contribution is 5.77. The van der Waals surface area contributed by atoms with E-state index in [9.17, 15) is 9.59 Å².